The summed E-state index contributed by atoms with van der Waals surface area (Å²) in [5.74, 6) is 0. The molecule has 0 aliphatic rings. The zero-order valence-electron chi connectivity index (χ0n) is 9.41. The molecule has 1 N–H and O–H groups in total. The molecule has 0 aromatic rings. The number of hydrogen-bond donors (Lipinski definition) is 1. The molecule has 0 atom stereocenters. The third-order valence-electron chi connectivity index (χ3n) is 1.46. The van der Waals surface area contributed by atoms with Gasteiger partial charge in [-0.25, -0.2) is 0 Å². The molecule has 17 heavy (non-hydrogen) atoms. The van der Waals surface area contributed by atoms with E-state index in [-0.39, 0.29) is 33.0 Å². The molecule has 0 saturated carbocycles. The van der Waals surface area contributed by atoms with Gasteiger partial charge < -0.3 is 38.2 Å². The summed E-state index contributed by atoms with van der Waals surface area (Å²) >= 11 is 0. The summed E-state index contributed by atoms with van der Waals surface area (Å²) in [5, 5.41) is 8.38. The van der Waals surface area contributed by atoms with Crippen molar-refractivity contribution in [2.75, 3.05) is 52.9 Å². The van der Waals surface area contributed by atoms with Crippen molar-refractivity contribution in [1.29, 1.82) is 0 Å². The smallest absolute Gasteiger partial charge is 0.0752 e. The lowest BCUT2D eigenvalue weighted by atomic mass is 10.7. The van der Waals surface area contributed by atoms with E-state index in [1.807, 2.05) is 0 Å². The minimum absolute atomic E-state index is 0.0127. The highest BCUT2D eigenvalue weighted by molar-refractivity contribution is 7.43. The number of aliphatic hydroxyl groups excluding tert-OH is 1. The maximum atomic E-state index is 10.0. The molecule has 0 saturated heterocycles. The molecule has 8 nitrogen and oxygen atoms in total. The summed E-state index contributed by atoms with van der Waals surface area (Å²) in [6, 6.07) is 0. The van der Waals surface area contributed by atoms with Crippen molar-refractivity contribution in [1.82, 2.24) is 0 Å². The van der Waals surface area contributed by atoms with Crippen LogP contribution in [0.5, 0.6) is 0 Å². The lowest BCUT2D eigenvalue weighted by molar-refractivity contribution is -0.342. The van der Waals surface area contributed by atoms with Crippen molar-refractivity contribution in [3.63, 3.8) is 0 Å². The standard InChI is InChI=1S/C8H19O8P/c9-1-2-13-3-4-14-5-6-15-7-8-16-17(10,11)12/h9H,1-8H2,(H2,10,11,12)/p-2. The number of ether oxygens (including phenoxy) is 3. The molecular weight excluding hydrogens is 255 g/mol. The second-order valence-electron chi connectivity index (χ2n) is 2.84. The maximum Gasteiger partial charge on any atom is 0.0752 e. The van der Waals surface area contributed by atoms with Crippen LogP contribution in [-0.4, -0.2) is 58.0 Å². The lowest BCUT2D eigenvalue weighted by Gasteiger charge is -2.28. The van der Waals surface area contributed by atoms with Crippen molar-refractivity contribution in [3.8, 4) is 0 Å². The predicted octanol–water partition coefficient (Wildman–Crippen LogP) is -2.13. The fraction of sp³-hybridized carbons (Fsp3) is 1.00. The molecule has 0 aliphatic carbocycles. The summed E-state index contributed by atoms with van der Waals surface area (Å²) in [4.78, 5) is 20.1. The van der Waals surface area contributed by atoms with Gasteiger partial charge in [0.05, 0.1) is 60.7 Å². The second kappa shape index (κ2) is 11.1. The molecule has 0 bridgehead atoms. The van der Waals surface area contributed by atoms with Gasteiger partial charge in [0.2, 0.25) is 0 Å². The molecular formula is C8H17O8P-2. The van der Waals surface area contributed by atoms with Gasteiger partial charge in [-0.3, -0.25) is 0 Å². The van der Waals surface area contributed by atoms with Crippen molar-refractivity contribution in [2.45, 2.75) is 0 Å². The van der Waals surface area contributed by atoms with Gasteiger partial charge in [-0.1, -0.05) is 0 Å². The molecule has 0 aliphatic heterocycles. The molecule has 0 spiro atoms. The van der Waals surface area contributed by atoms with Crippen LogP contribution in [0.1, 0.15) is 0 Å². The molecule has 0 radical (unpaired) electrons. The van der Waals surface area contributed by atoms with Crippen LogP contribution in [0.4, 0.5) is 0 Å². The van der Waals surface area contributed by atoms with E-state index in [1.54, 1.807) is 0 Å². The quantitative estimate of drug-likeness (QED) is 0.316. The average molecular weight is 272 g/mol. The Bertz CT molecular complexity index is 206. The van der Waals surface area contributed by atoms with E-state index >= 15 is 0 Å². The Kier molecular flexibility index (Phi) is 11.0. The molecule has 0 aromatic heterocycles. The van der Waals surface area contributed by atoms with E-state index in [4.69, 9.17) is 19.3 Å². The SMILES string of the molecule is O=P([O-])([O-])OCCOCCOCCOCCO. The third-order valence-corrected chi connectivity index (χ3v) is 1.96. The van der Waals surface area contributed by atoms with Crippen LogP contribution < -0.4 is 9.79 Å². The lowest BCUT2D eigenvalue weighted by Crippen LogP contribution is -2.19. The largest absolute Gasteiger partial charge is 0.790 e. The molecule has 9 heteroatoms. The van der Waals surface area contributed by atoms with Gasteiger partial charge in [0.25, 0.3) is 0 Å². The first-order valence-corrected chi connectivity index (χ1v) is 6.53. The number of rotatable bonds is 12. The van der Waals surface area contributed by atoms with Gasteiger partial charge >= 0.3 is 0 Å². The number of hydrogen-bond acceptors (Lipinski definition) is 8. The van der Waals surface area contributed by atoms with Crippen molar-refractivity contribution in [2.24, 2.45) is 0 Å². The van der Waals surface area contributed by atoms with Gasteiger partial charge in [0, 0.05) is 0 Å². The van der Waals surface area contributed by atoms with Crippen molar-refractivity contribution >= 4 is 7.82 Å². The Morgan fingerprint density at radius 3 is 1.65 bits per heavy atom. The molecule has 0 unspecified atom stereocenters. The molecule has 0 heterocycles. The van der Waals surface area contributed by atoms with Crippen molar-refractivity contribution < 1.29 is 38.2 Å². The first-order valence-electron chi connectivity index (χ1n) is 5.07. The van der Waals surface area contributed by atoms with Crippen LogP contribution in [0, 0.1) is 0 Å². The third kappa shape index (κ3) is 15.9. The monoisotopic (exact) mass is 272 g/mol. The first kappa shape index (κ1) is 16.9. The zero-order chi connectivity index (χ0) is 13.0. The van der Waals surface area contributed by atoms with Crippen LogP contribution in [0.3, 0.4) is 0 Å². The van der Waals surface area contributed by atoms with E-state index in [9.17, 15) is 14.4 Å². The fourth-order valence-electron chi connectivity index (χ4n) is 0.814. The maximum absolute atomic E-state index is 10.0. The molecule has 0 fully saturated rings. The Morgan fingerprint density at radius 1 is 0.824 bits per heavy atom. The second-order valence-corrected chi connectivity index (χ2v) is 3.99. The minimum atomic E-state index is -4.89. The Balaban J connectivity index is 3.01. The summed E-state index contributed by atoms with van der Waals surface area (Å²) in [6.45, 7) is 1.35. The highest BCUT2D eigenvalue weighted by Crippen LogP contribution is 2.23. The number of phosphoric ester groups is 1. The van der Waals surface area contributed by atoms with Gasteiger partial charge in [-0.15, -0.1) is 0 Å². The average Bonchev–Trinajstić information content (AvgIpc) is 2.24. The Hall–Kier alpha value is -0.0500. The van der Waals surface area contributed by atoms with Crippen LogP contribution in [0.2, 0.25) is 0 Å². The molecule has 0 aromatic carbocycles. The normalized spacial score (nSPS) is 11.9. The summed E-state index contributed by atoms with van der Waals surface area (Å²) in [6.07, 6.45) is 0. The highest BCUT2D eigenvalue weighted by atomic mass is 31.2. The first-order chi connectivity index (χ1) is 8.06. The Labute approximate surface area is 99.7 Å². The predicted molar refractivity (Wildman–Crippen MR) is 53.1 cm³/mol. The molecule has 0 amide bonds. The summed E-state index contributed by atoms with van der Waals surface area (Å²) in [5.41, 5.74) is 0. The van der Waals surface area contributed by atoms with Gasteiger partial charge in [0.15, 0.2) is 0 Å². The molecule has 0 rings (SSSR count). The zero-order valence-corrected chi connectivity index (χ0v) is 10.3. The van der Waals surface area contributed by atoms with Crippen molar-refractivity contribution in [3.05, 3.63) is 0 Å². The highest BCUT2D eigenvalue weighted by Gasteiger charge is 1.93. The van der Waals surface area contributed by atoms with E-state index in [0.29, 0.717) is 19.8 Å². The van der Waals surface area contributed by atoms with Gasteiger partial charge in [-0.05, 0) is 0 Å². The minimum Gasteiger partial charge on any atom is -0.790 e. The van der Waals surface area contributed by atoms with E-state index in [1.165, 1.54) is 0 Å². The van der Waals surface area contributed by atoms with Crippen LogP contribution >= 0.6 is 7.82 Å². The number of aliphatic hydroxyl groups is 1. The van der Waals surface area contributed by atoms with Crippen LogP contribution in [-0.2, 0) is 23.3 Å². The Morgan fingerprint density at radius 2 is 1.24 bits per heavy atom. The summed E-state index contributed by atoms with van der Waals surface area (Å²) in [7, 11) is -4.89. The fourth-order valence-corrected chi connectivity index (χ4v) is 1.11. The van der Waals surface area contributed by atoms with Gasteiger partial charge in [0.1, 0.15) is 0 Å². The van der Waals surface area contributed by atoms with Gasteiger partial charge in [-0.2, -0.15) is 0 Å². The topological polar surface area (TPSA) is 120 Å². The van der Waals surface area contributed by atoms with Crippen LogP contribution in [0.15, 0.2) is 0 Å². The summed E-state index contributed by atoms with van der Waals surface area (Å²) < 4.78 is 28.9. The van der Waals surface area contributed by atoms with Crippen LogP contribution in [0.25, 0.3) is 0 Å². The van der Waals surface area contributed by atoms with E-state index < -0.39 is 7.82 Å². The van der Waals surface area contributed by atoms with E-state index in [2.05, 4.69) is 4.52 Å². The van der Waals surface area contributed by atoms with E-state index in [0.717, 1.165) is 0 Å². The molecule has 104 valence electrons. The number of phosphoric acid groups is 1.